The van der Waals surface area contributed by atoms with Crippen LogP contribution in [0.2, 0.25) is 10.0 Å². The molecule has 0 atom stereocenters. The Kier molecular flexibility index (Phi) is 3.10. The summed E-state index contributed by atoms with van der Waals surface area (Å²) in [6.07, 6.45) is 0. The van der Waals surface area contributed by atoms with Crippen molar-refractivity contribution in [3.63, 3.8) is 0 Å². The molecule has 1 aromatic heterocycles. The van der Waals surface area contributed by atoms with E-state index in [0.29, 0.717) is 5.82 Å². The molecule has 0 unspecified atom stereocenters. The lowest BCUT2D eigenvalue weighted by Gasteiger charge is -2.03. The van der Waals surface area contributed by atoms with Gasteiger partial charge in [0.25, 0.3) is 5.69 Å². The van der Waals surface area contributed by atoms with Gasteiger partial charge in [-0.25, -0.2) is 4.79 Å². The van der Waals surface area contributed by atoms with E-state index >= 15 is 0 Å². The van der Waals surface area contributed by atoms with E-state index in [4.69, 9.17) is 23.2 Å². The van der Waals surface area contributed by atoms with Gasteiger partial charge in [0.2, 0.25) is 0 Å². The molecule has 0 amide bonds. The van der Waals surface area contributed by atoms with Gasteiger partial charge >= 0.3 is 5.69 Å². The topological polar surface area (TPSA) is 93.8 Å². The number of aromatic amines is 1. The average Bonchev–Trinajstić information content (AvgIpc) is 2.57. The molecule has 9 heteroatoms. The predicted molar refractivity (Wildman–Crippen MR) is 65.6 cm³/mol. The van der Waals surface area contributed by atoms with Crippen molar-refractivity contribution in [3.8, 4) is 5.69 Å². The lowest BCUT2D eigenvalue weighted by atomic mass is 10.3. The highest BCUT2D eigenvalue weighted by Crippen LogP contribution is 2.31. The highest BCUT2D eigenvalue weighted by molar-refractivity contribution is 6.37. The summed E-state index contributed by atoms with van der Waals surface area (Å²) in [5.41, 5.74) is -0.781. The number of hydrogen-bond donors (Lipinski definition) is 1. The van der Waals surface area contributed by atoms with Crippen molar-refractivity contribution >= 4 is 28.9 Å². The molecule has 0 bridgehead atoms. The number of hydrogen-bond acceptors (Lipinski definition) is 4. The number of aromatic nitrogens is 3. The van der Waals surface area contributed by atoms with Gasteiger partial charge in [-0.15, -0.1) is 0 Å². The van der Waals surface area contributed by atoms with Crippen molar-refractivity contribution in [2.75, 3.05) is 0 Å². The zero-order valence-electron chi connectivity index (χ0n) is 8.98. The molecule has 0 aliphatic rings. The predicted octanol–water partition coefficient (Wildman–Crippen LogP) is 2.08. The molecule has 1 N–H and O–H groups in total. The summed E-state index contributed by atoms with van der Waals surface area (Å²) in [7, 11) is 0. The summed E-state index contributed by atoms with van der Waals surface area (Å²) >= 11 is 11.6. The Morgan fingerprint density at radius 1 is 1.39 bits per heavy atom. The summed E-state index contributed by atoms with van der Waals surface area (Å²) in [6.45, 7) is 1.58. The first-order chi connectivity index (χ1) is 8.40. The van der Waals surface area contributed by atoms with E-state index in [2.05, 4.69) is 10.1 Å². The first-order valence-electron chi connectivity index (χ1n) is 4.70. The Morgan fingerprint density at radius 3 is 2.56 bits per heavy atom. The van der Waals surface area contributed by atoms with Crippen molar-refractivity contribution in [1.82, 2.24) is 14.8 Å². The normalized spacial score (nSPS) is 10.6. The first kappa shape index (κ1) is 12.6. The third-order valence-corrected chi connectivity index (χ3v) is 2.78. The van der Waals surface area contributed by atoms with Crippen molar-refractivity contribution in [2.45, 2.75) is 6.92 Å². The summed E-state index contributed by atoms with van der Waals surface area (Å²) in [4.78, 5) is 24.1. The minimum atomic E-state index is -0.660. The molecule has 7 nitrogen and oxygen atoms in total. The molecule has 18 heavy (non-hydrogen) atoms. The molecule has 0 spiro atoms. The maximum absolute atomic E-state index is 11.5. The van der Waals surface area contributed by atoms with E-state index in [1.54, 1.807) is 6.92 Å². The highest BCUT2D eigenvalue weighted by atomic mass is 35.5. The average molecular weight is 289 g/mol. The maximum atomic E-state index is 11.5. The van der Waals surface area contributed by atoms with Crippen LogP contribution in [0.5, 0.6) is 0 Å². The van der Waals surface area contributed by atoms with Gasteiger partial charge in [-0.2, -0.15) is 9.78 Å². The fraction of sp³-hybridized carbons (Fsp3) is 0.111. The number of nitrogens with one attached hydrogen (secondary N) is 1. The van der Waals surface area contributed by atoms with E-state index in [0.717, 1.165) is 10.7 Å². The van der Waals surface area contributed by atoms with Crippen LogP contribution >= 0.6 is 23.2 Å². The van der Waals surface area contributed by atoms with Gasteiger partial charge < -0.3 is 0 Å². The molecule has 0 radical (unpaired) electrons. The number of aryl methyl sites for hydroxylation is 1. The molecular formula is C9H6Cl2N4O3. The third kappa shape index (κ3) is 2.09. The number of nitrogens with zero attached hydrogens (tertiary/aromatic N) is 3. The van der Waals surface area contributed by atoms with Gasteiger partial charge in [0.1, 0.15) is 10.8 Å². The van der Waals surface area contributed by atoms with Crippen LogP contribution < -0.4 is 5.69 Å². The number of nitro benzene ring substituents is 1. The van der Waals surface area contributed by atoms with Gasteiger partial charge in [-0.1, -0.05) is 23.2 Å². The number of rotatable bonds is 2. The number of benzene rings is 1. The SMILES string of the molecule is Cc1nn(-c2cc([N+](=O)[O-])c(Cl)cc2Cl)c(=O)[nH]1. The molecule has 0 fully saturated rings. The van der Waals surface area contributed by atoms with Crippen molar-refractivity contribution < 1.29 is 4.92 Å². The van der Waals surface area contributed by atoms with Crippen LogP contribution in [0.1, 0.15) is 5.82 Å². The number of nitro groups is 1. The van der Waals surface area contributed by atoms with Crippen molar-refractivity contribution in [1.29, 1.82) is 0 Å². The van der Waals surface area contributed by atoms with Crippen LogP contribution in [-0.2, 0) is 0 Å². The molecule has 0 saturated heterocycles. The second-order valence-corrected chi connectivity index (χ2v) is 4.25. The second kappa shape index (κ2) is 4.43. The third-order valence-electron chi connectivity index (χ3n) is 2.17. The van der Waals surface area contributed by atoms with Gasteiger partial charge in [-0.05, 0) is 13.0 Å². The maximum Gasteiger partial charge on any atom is 0.348 e. The zero-order valence-corrected chi connectivity index (χ0v) is 10.5. The molecule has 2 rings (SSSR count). The second-order valence-electron chi connectivity index (χ2n) is 3.44. The van der Waals surface area contributed by atoms with E-state index in [-0.39, 0.29) is 21.4 Å². The van der Waals surface area contributed by atoms with Crippen LogP contribution in [0.15, 0.2) is 16.9 Å². The minimum absolute atomic E-state index is 0.0965. The largest absolute Gasteiger partial charge is 0.348 e. The standard InChI is InChI=1S/C9H6Cl2N4O3/c1-4-12-9(16)14(13-4)7-3-8(15(17)18)6(11)2-5(7)10/h2-3H,1H3,(H,12,13,16). The molecule has 94 valence electrons. The van der Waals surface area contributed by atoms with Crippen LogP contribution in [0.4, 0.5) is 5.69 Å². The lowest BCUT2D eigenvalue weighted by Crippen LogP contribution is -2.16. The Bertz CT molecular complexity index is 692. The summed E-state index contributed by atoms with van der Waals surface area (Å²) < 4.78 is 0.945. The van der Waals surface area contributed by atoms with Crippen LogP contribution in [0.3, 0.4) is 0 Å². The van der Waals surface area contributed by atoms with E-state index in [1.807, 2.05) is 0 Å². The molecule has 0 saturated carbocycles. The van der Waals surface area contributed by atoms with Gasteiger partial charge in [0.15, 0.2) is 0 Å². The molecular weight excluding hydrogens is 283 g/mol. The van der Waals surface area contributed by atoms with Crippen molar-refractivity contribution in [2.24, 2.45) is 0 Å². The van der Waals surface area contributed by atoms with Gasteiger partial charge in [-0.3, -0.25) is 15.1 Å². The van der Waals surface area contributed by atoms with Crippen LogP contribution in [-0.4, -0.2) is 19.7 Å². The van der Waals surface area contributed by atoms with Crippen molar-refractivity contribution in [3.05, 3.63) is 48.6 Å². The van der Waals surface area contributed by atoms with E-state index in [1.165, 1.54) is 6.07 Å². The highest BCUT2D eigenvalue weighted by Gasteiger charge is 2.19. The fourth-order valence-electron chi connectivity index (χ4n) is 1.42. The van der Waals surface area contributed by atoms with E-state index in [9.17, 15) is 14.9 Å². The fourth-order valence-corrected chi connectivity index (χ4v) is 1.95. The Hall–Kier alpha value is -1.86. The Balaban J connectivity index is 2.72. The first-order valence-corrected chi connectivity index (χ1v) is 5.45. The zero-order chi connectivity index (χ0) is 13.4. The van der Waals surface area contributed by atoms with Gasteiger partial charge in [0.05, 0.1) is 15.6 Å². The Morgan fingerprint density at radius 2 is 2.06 bits per heavy atom. The quantitative estimate of drug-likeness (QED) is 0.676. The molecule has 0 aliphatic carbocycles. The monoisotopic (exact) mass is 288 g/mol. The smallest absolute Gasteiger partial charge is 0.293 e. The van der Waals surface area contributed by atoms with Gasteiger partial charge in [0, 0.05) is 6.07 Å². The summed E-state index contributed by atoms with van der Waals surface area (Å²) in [6, 6.07) is 2.30. The van der Waals surface area contributed by atoms with Crippen LogP contribution in [0.25, 0.3) is 5.69 Å². The number of halogens is 2. The number of H-pyrrole nitrogens is 1. The molecule has 0 aliphatic heterocycles. The molecule has 1 heterocycles. The summed E-state index contributed by atoms with van der Waals surface area (Å²) in [5.74, 6) is 0.369. The molecule has 2 aromatic rings. The lowest BCUT2D eigenvalue weighted by molar-refractivity contribution is -0.384. The molecule has 1 aromatic carbocycles. The van der Waals surface area contributed by atoms with E-state index < -0.39 is 10.6 Å². The van der Waals surface area contributed by atoms with Crippen LogP contribution in [0, 0.1) is 17.0 Å². The minimum Gasteiger partial charge on any atom is -0.293 e. The Labute approximate surface area is 110 Å². The summed E-state index contributed by atoms with van der Waals surface area (Å²) in [5, 5.41) is 14.6.